The van der Waals surface area contributed by atoms with Gasteiger partial charge in [-0.05, 0) is 61.4 Å². The van der Waals surface area contributed by atoms with Gasteiger partial charge in [0.1, 0.15) is 18.1 Å². The fourth-order valence-corrected chi connectivity index (χ4v) is 7.17. The van der Waals surface area contributed by atoms with Crippen molar-refractivity contribution in [3.8, 4) is 5.75 Å². The highest BCUT2D eigenvalue weighted by atomic mass is 35.5. The molecule has 0 aliphatic carbocycles. The van der Waals surface area contributed by atoms with E-state index < -0.39 is 38.3 Å². The normalized spacial score (nSPS) is 14.3. The SMILES string of the molecule is COc1ccc(S(=O)(=O)N2CCCC2)cc1NC(=O)CN(c1ccc(F)c(Cl)c1)S(=O)(=O)c1ccccc1. The Morgan fingerprint density at radius 1 is 1.00 bits per heavy atom. The molecule has 9 nitrogen and oxygen atoms in total. The Morgan fingerprint density at radius 3 is 2.32 bits per heavy atom. The zero-order valence-corrected chi connectivity index (χ0v) is 22.7. The molecule has 13 heteroatoms. The van der Waals surface area contributed by atoms with Crippen LogP contribution in [0.3, 0.4) is 0 Å². The van der Waals surface area contributed by atoms with Crippen LogP contribution in [0.2, 0.25) is 5.02 Å². The fraction of sp³-hybridized carbons (Fsp3) is 0.240. The smallest absolute Gasteiger partial charge is 0.264 e. The highest BCUT2D eigenvalue weighted by Gasteiger charge is 2.30. The van der Waals surface area contributed by atoms with E-state index in [9.17, 15) is 26.0 Å². The number of benzene rings is 3. The van der Waals surface area contributed by atoms with Crippen LogP contribution in [0.4, 0.5) is 15.8 Å². The van der Waals surface area contributed by atoms with Crippen molar-refractivity contribution in [2.45, 2.75) is 22.6 Å². The third-order valence-electron chi connectivity index (χ3n) is 5.96. The molecule has 3 aromatic rings. The van der Waals surface area contributed by atoms with Crippen molar-refractivity contribution in [2.75, 3.05) is 36.4 Å². The summed E-state index contributed by atoms with van der Waals surface area (Å²) < 4.78 is 74.2. The van der Waals surface area contributed by atoms with Crippen LogP contribution in [-0.4, -0.2) is 53.8 Å². The molecule has 4 rings (SSSR count). The number of nitrogens with zero attached hydrogens (tertiary/aromatic N) is 2. The average molecular weight is 582 g/mol. The van der Waals surface area contributed by atoms with Gasteiger partial charge >= 0.3 is 0 Å². The lowest BCUT2D eigenvalue weighted by Gasteiger charge is -2.24. The number of sulfonamides is 2. The molecular formula is C25H25ClFN3O6S2. The molecule has 1 amide bonds. The van der Waals surface area contributed by atoms with Gasteiger partial charge in [-0.25, -0.2) is 21.2 Å². The molecule has 0 bridgehead atoms. The van der Waals surface area contributed by atoms with E-state index in [1.54, 1.807) is 6.07 Å². The van der Waals surface area contributed by atoms with Crippen molar-refractivity contribution in [2.24, 2.45) is 0 Å². The third-order valence-corrected chi connectivity index (χ3v) is 9.93. The summed E-state index contributed by atoms with van der Waals surface area (Å²) in [6.45, 7) is 0.0939. The van der Waals surface area contributed by atoms with Crippen molar-refractivity contribution in [1.29, 1.82) is 0 Å². The molecule has 0 unspecified atom stereocenters. The van der Waals surface area contributed by atoms with Gasteiger partial charge in [0.05, 0.1) is 33.3 Å². The number of halogens is 2. The molecule has 1 N–H and O–H groups in total. The largest absolute Gasteiger partial charge is 0.495 e. The summed E-state index contributed by atoms with van der Waals surface area (Å²) in [6, 6.07) is 14.8. The molecule has 1 aliphatic heterocycles. The minimum absolute atomic E-state index is 0.0328. The first kappa shape index (κ1) is 27.8. The lowest BCUT2D eigenvalue weighted by molar-refractivity contribution is -0.114. The molecule has 1 saturated heterocycles. The molecule has 0 spiro atoms. The monoisotopic (exact) mass is 581 g/mol. The number of nitrogens with one attached hydrogen (secondary N) is 1. The Morgan fingerprint density at radius 2 is 1.68 bits per heavy atom. The second-order valence-corrected chi connectivity index (χ2v) is 12.7. The maximum Gasteiger partial charge on any atom is 0.264 e. The molecule has 202 valence electrons. The number of hydrogen-bond donors (Lipinski definition) is 1. The van der Waals surface area contributed by atoms with E-state index >= 15 is 0 Å². The first-order valence-electron chi connectivity index (χ1n) is 11.5. The first-order chi connectivity index (χ1) is 18.0. The van der Waals surface area contributed by atoms with E-state index in [1.807, 2.05) is 0 Å². The van der Waals surface area contributed by atoms with Crippen LogP contribution in [0.15, 0.2) is 76.5 Å². The Balaban J connectivity index is 1.67. The minimum atomic E-state index is -4.27. The van der Waals surface area contributed by atoms with E-state index in [-0.39, 0.29) is 31.9 Å². The highest BCUT2D eigenvalue weighted by Crippen LogP contribution is 2.31. The molecule has 0 radical (unpaired) electrons. The molecule has 3 aromatic carbocycles. The van der Waals surface area contributed by atoms with Gasteiger partial charge in [0.25, 0.3) is 10.0 Å². The average Bonchev–Trinajstić information content (AvgIpc) is 3.45. The summed E-state index contributed by atoms with van der Waals surface area (Å²) in [4.78, 5) is 13.0. The van der Waals surface area contributed by atoms with Crippen molar-refractivity contribution in [3.05, 3.63) is 77.6 Å². The lowest BCUT2D eigenvalue weighted by atomic mass is 10.3. The Hall–Kier alpha value is -3.19. The van der Waals surface area contributed by atoms with E-state index in [0.29, 0.717) is 13.1 Å². The van der Waals surface area contributed by atoms with Crippen molar-refractivity contribution >= 4 is 48.9 Å². The fourth-order valence-electron chi connectivity index (χ4n) is 4.02. The summed E-state index contributed by atoms with van der Waals surface area (Å²) in [5, 5.41) is 2.23. The molecule has 1 aliphatic rings. The Kier molecular flexibility index (Phi) is 8.26. The second-order valence-electron chi connectivity index (χ2n) is 8.44. The molecule has 1 fully saturated rings. The number of ether oxygens (including phenoxy) is 1. The number of rotatable bonds is 9. The zero-order chi connectivity index (χ0) is 27.5. The zero-order valence-electron chi connectivity index (χ0n) is 20.3. The molecule has 1 heterocycles. The maximum atomic E-state index is 13.8. The Bertz CT molecular complexity index is 1550. The number of methoxy groups -OCH3 is 1. The van der Waals surface area contributed by atoms with Gasteiger partial charge < -0.3 is 10.1 Å². The molecule has 0 saturated carbocycles. The summed E-state index contributed by atoms with van der Waals surface area (Å²) in [7, 11) is -6.70. The van der Waals surface area contributed by atoms with E-state index in [0.717, 1.165) is 29.3 Å². The minimum Gasteiger partial charge on any atom is -0.495 e. The van der Waals surface area contributed by atoms with E-state index in [1.165, 1.54) is 59.9 Å². The van der Waals surface area contributed by atoms with Crippen LogP contribution in [0.5, 0.6) is 5.75 Å². The number of carbonyl (C=O) groups excluding carboxylic acids is 1. The summed E-state index contributed by atoms with van der Waals surface area (Å²) in [5.41, 5.74) is 0.0136. The predicted molar refractivity (Wildman–Crippen MR) is 142 cm³/mol. The molecular weight excluding hydrogens is 557 g/mol. The van der Waals surface area contributed by atoms with Crippen molar-refractivity contribution < 1.29 is 30.8 Å². The van der Waals surface area contributed by atoms with Crippen LogP contribution >= 0.6 is 11.6 Å². The summed E-state index contributed by atoms with van der Waals surface area (Å²) in [6.07, 6.45) is 1.52. The van der Waals surface area contributed by atoms with Gasteiger partial charge in [-0.15, -0.1) is 0 Å². The van der Waals surface area contributed by atoms with Gasteiger partial charge in [-0.1, -0.05) is 29.8 Å². The maximum absolute atomic E-state index is 13.8. The quantitative estimate of drug-likeness (QED) is 0.407. The van der Waals surface area contributed by atoms with E-state index in [4.69, 9.17) is 16.3 Å². The lowest BCUT2D eigenvalue weighted by Crippen LogP contribution is -2.38. The van der Waals surface area contributed by atoms with Crippen LogP contribution in [0, 0.1) is 5.82 Å². The summed E-state index contributed by atoms with van der Waals surface area (Å²) >= 11 is 5.90. The van der Waals surface area contributed by atoms with Gasteiger partial charge in [-0.3, -0.25) is 9.10 Å². The molecule has 0 atom stereocenters. The number of amides is 1. The van der Waals surface area contributed by atoms with Crippen molar-refractivity contribution in [3.63, 3.8) is 0 Å². The Labute approximate surface area is 225 Å². The van der Waals surface area contributed by atoms with Gasteiger partial charge in [0, 0.05) is 13.1 Å². The molecule has 38 heavy (non-hydrogen) atoms. The molecule has 0 aromatic heterocycles. The van der Waals surface area contributed by atoms with Gasteiger partial charge in [0.2, 0.25) is 15.9 Å². The van der Waals surface area contributed by atoms with Crippen molar-refractivity contribution in [1.82, 2.24) is 4.31 Å². The van der Waals surface area contributed by atoms with E-state index in [2.05, 4.69) is 5.32 Å². The van der Waals surface area contributed by atoms with Gasteiger partial charge in [0.15, 0.2) is 0 Å². The highest BCUT2D eigenvalue weighted by molar-refractivity contribution is 7.92. The third kappa shape index (κ3) is 5.78. The van der Waals surface area contributed by atoms with Crippen LogP contribution < -0.4 is 14.4 Å². The predicted octanol–water partition coefficient (Wildman–Crippen LogP) is 4.11. The topological polar surface area (TPSA) is 113 Å². The number of anilines is 2. The van der Waals surface area contributed by atoms with Crippen LogP contribution in [-0.2, 0) is 24.8 Å². The number of carbonyl (C=O) groups is 1. The summed E-state index contributed by atoms with van der Waals surface area (Å²) in [5.74, 6) is -1.36. The van der Waals surface area contributed by atoms with Crippen LogP contribution in [0.1, 0.15) is 12.8 Å². The van der Waals surface area contributed by atoms with Crippen LogP contribution in [0.25, 0.3) is 0 Å². The standard InChI is InChI=1S/C25H25ClFN3O6S2/c1-36-24-12-10-20(37(32,33)29-13-5-6-14-29)16-23(24)28-25(31)17-30(18-9-11-22(27)21(26)15-18)38(34,35)19-7-3-2-4-8-19/h2-4,7-12,15-16H,5-6,13-14,17H2,1H3,(H,28,31). The first-order valence-corrected chi connectivity index (χ1v) is 14.8. The van der Waals surface area contributed by atoms with Gasteiger partial charge in [-0.2, -0.15) is 4.31 Å². The second kappa shape index (κ2) is 11.3. The number of hydrogen-bond acceptors (Lipinski definition) is 6.